The van der Waals surface area contributed by atoms with Crippen LogP contribution in [0.1, 0.15) is 16.7 Å². The highest BCUT2D eigenvalue weighted by Gasteiger charge is 2.11. The van der Waals surface area contributed by atoms with Gasteiger partial charge in [0.05, 0.1) is 16.6 Å². The summed E-state index contributed by atoms with van der Waals surface area (Å²) in [6, 6.07) is 19.9. The van der Waals surface area contributed by atoms with E-state index in [1.165, 1.54) is 24.3 Å². The lowest BCUT2D eigenvalue weighted by molar-refractivity contribution is -0.384. The number of halogens is 1. The fourth-order valence-corrected chi connectivity index (χ4v) is 3.11. The molecule has 0 atom stereocenters. The maximum atomic E-state index is 12.3. The number of nitriles is 1. The first kappa shape index (κ1) is 22.5. The van der Waals surface area contributed by atoms with Crippen molar-refractivity contribution in [3.05, 3.63) is 98.6 Å². The molecule has 1 N–H and O–H groups in total. The van der Waals surface area contributed by atoms with E-state index >= 15 is 0 Å². The summed E-state index contributed by atoms with van der Waals surface area (Å²) in [5.41, 5.74) is 2.87. The quantitative estimate of drug-likeness (QED) is 0.218. The summed E-state index contributed by atoms with van der Waals surface area (Å²) in [6.45, 7) is 1.69. The number of hydrogen-bond donors (Lipinski definition) is 1. The number of hydrogen-bond acceptors (Lipinski definition) is 5. The van der Waals surface area contributed by atoms with Crippen molar-refractivity contribution >= 4 is 40.5 Å². The number of benzene rings is 3. The van der Waals surface area contributed by atoms with Crippen molar-refractivity contribution in [3.63, 3.8) is 0 Å². The van der Waals surface area contributed by atoms with Crippen LogP contribution < -0.4 is 10.1 Å². The topological polar surface area (TPSA) is 105 Å². The molecule has 0 fully saturated rings. The molecule has 1 amide bonds. The van der Waals surface area contributed by atoms with Crippen molar-refractivity contribution in [2.45, 2.75) is 6.92 Å². The van der Waals surface area contributed by atoms with Gasteiger partial charge >= 0.3 is 0 Å². The average Bonchev–Trinajstić information content (AvgIpc) is 2.77. The Morgan fingerprint density at radius 1 is 1.19 bits per heavy atom. The molecule has 0 spiro atoms. The van der Waals surface area contributed by atoms with E-state index in [0.29, 0.717) is 27.6 Å². The van der Waals surface area contributed by atoms with Gasteiger partial charge in [-0.25, -0.2) is 0 Å². The number of carbonyl (C=O) groups excluding carboxylic acids is 1. The summed E-state index contributed by atoms with van der Waals surface area (Å²) in [5, 5.41) is 23.6. The van der Waals surface area contributed by atoms with Crippen LogP contribution in [-0.2, 0) is 4.79 Å². The zero-order chi connectivity index (χ0) is 23.1. The Hall–Kier alpha value is -4.15. The van der Waals surface area contributed by atoms with Crippen molar-refractivity contribution in [1.29, 1.82) is 5.26 Å². The molecule has 3 rings (SSSR count). The molecule has 32 heavy (non-hydrogen) atoms. The third kappa shape index (κ3) is 5.94. The Balaban J connectivity index is 1.79. The summed E-state index contributed by atoms with van der Waals surface area (Å²) in [7, 11) is 0. The van der Waals surface area contributed by atoms with E-state index in [2.05, 4.69) is 11.4 Å². The van der Waals surface area contributed by atoms with Gasteiger partial charge in [-0.3, -0.25) is 14.9 Å². The number of rotatable bonds is 7. The fourth-order valence-electron chi connectivity index (χ4n) is 2.93. The molecule has 0 saturated heterocycles. The second-order valence-electron chi connectivity index (χ2n) is 6.86. The number of allylic oxidation sites excluding steroid dienone is 1. The minimum Gasteiger partial charge on any atom is -0.483 e. The van der Waals surface area contributed by atoms with Gasteiger partial charge in [0.1, 0.15) is 5.75 Å². The Kier molecular flexibility index (Phi) is 7.21. The van der Waals surface area contributed by atoms with Gasteiger partial charge in [-0.2, -0.15) is 5.26 Å². The minimum atomic E-state index is -0.510. The number of non-ortho nitro benzene ring substituents is 1. The lowest BCUT2D eigenvalue weighted by Crippen LogP contribution is -2.20. The number of aryl methyl sites for hydroxylation is 1. The first-order chi connectivity index (χ1) is 15.4. The zero-order valence-electron chi connectivity index (χ0n) is 17.0. The zero-order valence-corrected chi connectivity index (χ0v) is 17.8. The van der Waals surface area contributed by atoms with Crippen molar-refractivity contribution < 1.29 is 14.5 Å². The van der Waals surface area contributed by atoms with Crippen molar-refractivity contribution in [2.24, 2.45) is 0 Å². The highest BCUT2D eigenvalue weighted by atomic mass is 35.5. The molecule has 0 bridgehead atoms. The molecule has 3 aromatic carbocycles. The maximum absolute atomic E-state index is 12.3. The molecule has 7 nitrogen and oxygen atoms in total. The van der Waals surface area contributed by atoms with Gasteiger partial charge in [0.25, 0.3) is 11.6 Å². The number of nitrogens with zero attached hydrogens (tertiary/aromatic N) is 2. The Labute approximate surface area is 189 Å². The van der Waals surface area contributed by atoms with Gasteiger partial charge in [-0.1, -0.05) is 23.7 Å². The number of nitro groups is 1. The molecule has 3 aromatic rings. The highest BCUT2D eigenvalue weighted by molar-refractivity contribution is 6.30. The van der Waals surface area contributed by atoms with Crippen molar-refractivity contribution in [1.82, 2.24) is 0 Å². The predicted molar refractivity (Wildman–Crippen MR) is 123 cm³/mol. The first-order valence-corrected chi connectivity index (χ1v) is 9.89. The number of anilines is 1. The second kappa shape index (κ2) is 10.2. The molecule has 0 aromatic heterocycles. The molecular formula is C24H18ClN3O4. The summed E-state index contributed by atoms with van der Waals surface area (Å²) in [5.74, 6) is 0.0276. The maximum Gasteiger partial charge on any atom is 0.269 e. The SMILES string of the molecule is Cc1cccc(NC(=O)COc2ccc(Cl)cc2/C=C(\C#N)c2ccc([N+](=O)[O-])cc2)c1. The van der Waals surface area contributed by atoms with Crippen LogP contribution >= 0.6 is 11.6 Å². The molecule has 0 heterocycles. The fraction of sp³-hybridized carbons (Fsp3) is 0.0833. The Morgan fingerprint density at radius 3 is 2.59 bits per heavy atom. The molecule has 0 aliphatic carbocycles. The minimum absolute atomic E-state index is 0.0718. The van der Waals surface area contributed by atoms with Crippen LogP contribution in [0.2, 0.25) is 5.02 Å². The van der Waals surface area contributed by atoms with E-state index in [-0.39, 0.29) is 23.8 Å². The molecule has 0 saturated carbocycles. The Morgan fingerprint density at radius 2 is 1.94 bits per heavy atom. The number of nitrogens with one attached hydrogen (secondary N) is 1. The summed E-state index contributed by atoms with van der Waals surface area (Å²) in [6.07, 6.45) is 1.56. The van der Waals surface area contributed by atoms with E-state index < -0.39 is 4.92 Å². The van der Waals surface area contributed by atoms with Crippen LogP contribution in [0.25, 0.3) is 11.6 Å². The van der Waals surface area contributed by atoms with Crippen LogP contribution in [0, 0.1) is 28.4 Å². The highest BCUT2D eigenvalue weighted by Crippen LogP contribution is 2.28. The normalized spacial score (nSPS) is 10.8. The van der Waals surface area contributed by atoms with Crippen LogP contribution in [0.5, 0.6) is 5.75 Å². The van der Waals surface area contributed by atoms with Gasteiger partial charge in [0.2, 0.25) is 0 Å². The van der Waals surface area contributed by atoms with Crippen LogP contribution in [0.3, 0.4) is 0 Å². The third-order valence-corrected chi connectivity index (χ3v) is 4.68. The summed E-state index contributed by atoms with van der Waals surface area (Å²) >= 11 is 6.11. The molecule has 0 unspecified atom stereocenters. The van der Waals surface area contributed by atoms with Gasteiger partial charge in [0, 0.05) is 28.4 Å². The van der Waals surface area contributed by atoms with E-state index in [1.807, 2.05) is 25.1 Å². The van der Waals surface area contributed by atoms with Crippen molar-refractivity contribution in [3.8, 4) is 11.8 Å². The first-order valence-electron chi connectivity index (χ1n) is 9.51. The molecule has 8 heteroatoms. The summed E-state index contributed by atoms with van der Waals surface area (Å²) in [4.78, 5) is 22.6. The number of carbonyl (C=O) groups is 1. The third-order valence-electron chi connectivity index (χ3n) is 4.44. The monoisotopic (exact) mass is 447 g/mol. The molecule has 160 valence electrons. The standard InChI is InChI=1S/C24H18ClN3O4/c1-16-3-2-4-21(11-16)27-24(29)15-32-23-10-7-20(25)13-18(23)12-19(14-26)17-5-8-22(9-6-17)28(30)31/h2-13H,15H2,1H3,(H,27,29)/b19-12+. The summed E-state index contributed by atoms with van der Waals surface area (Å²) < 4.78 is 5.67. The number of amides is 1. The van der Waals surface area contributed by atoms with Gasteiger partial charge in [0.15, 0.2) is 6.61 Å². The van der Waals surface area contributed by atoms with Crippen LogP contribution in [-0.4, -0.2) is 17.4 Å². The van der Waals surface area contributed by atoms with E-state index in [1.54, 1.807) is 30.3 Å². The van der Waals surface area contributed by atoms with E-state index in [9.17, 15) is 20.2 Å². The number of ether oxygens (including phenoxy) is 1. The largest absolute Gasteiger partial charge is 0.483 e. The smallest absolute Gasteiger partial charge is 0.269 e. The molecule has 0 radical (unpaired) electrons. The van der Waals surface area contributed by atoms with E-state index in [0.717, 1.165) is 5.56 Å². The average molecular weight is 448 g/mol. The van der Waals surface area contributed by atoms with Gasteiger partial charge < -0.3 is 10.1 Å². The molecular weight excluding hydrogens is 430 g/mol. The van der Waals surface area contributed by atoms with Gasteiger partial charge in [-0.05, 0) is 66.6 Å². The van der Waals surface area contributed by atoms with Crippen LogP contribution in [0.15, 0.2) is 66.7 Å². The van der Waals surface area contributed by atoms with Crippen molar-refractivity contribution in [2.75, 3.05) is 11.9 Å². The number of nitro benzene ring substituents is 1. The lowest BCUT2D eigenvalue weighted by Gasteiger charge is -2.11. The second-order valence-corrected chi connectivity index (χ2v) is 7.30. The Bertz CT molecular complexity index is 1230. The van der Waals surface area contributed by atoms with Gasteiger partial charge in [-0.15, -0.1) is 0 Å². The van der Waals surface area contributed by atoms with E-state index in [4.69, 9.17) is 16.3 Å². The van der Waals surface area contributed by atoms with Crippen LogP contribution in [0.4, 0.5) is 11.4 Å². The molecule has 0 aliphatic heterocycles. The molecule has 0 aliphatic rings. The lowest BCUT2D eigenvalue weighted by atomic mass is 10.0. The predicted octanol–water partition coefficient (Wildman–Crippen LogP) is 5.64.